The first-order valence-electron chi connectivity index (χ1n) is 4.62. The highest BCUT2D eigenvalue weighted by atomic mass is 16.1. The second-order valence-corrected chi connectivity index (χ2v) is 4.86. The van der Waals surface area contributed by atoms with E-state index in [9.17, 15) is 4.79 Å². The van der Waals surface area contributed by atoms with Crippen LogP contribution in [0.3, 0.4) is 0 Å². The standard InChI is InChI=1S/C11H17NO/c1-8-5-10(13)9(12-7-8)6-11(2,3)4/h7,9H,1,5-6H2,2-4H3. The molecule has 2 heteroatoms. The predicted molar refractivity (Wildman–Crippen MR) is 55.1 cm³/mol. The predicted octanol–water partition coefficient (Wildman–Crippen LogP) is 2.39. The molecule has 1 atom stereocenters. The van der Waals surface area contributed by atoms with Crippen molar-refractivity contribution in [2.45, 2.75) is 39.7 Å². The zero-order valence-corrected chi connectivity index (χ0v) is 8.63. The lowest BCUT2D eigenvalue weighted by molar-refractivity contribution is -0.120. The van der Waals surface area contributed by atoms with Crippen molar-refractivity contribution in [2.75, 3.05) is 0 Å². The Hall–Kier alpha value is -0.920. The summed E-state index contributed by atoms with van der Waals surface area (Å²) in [6, 6.07) is -0.134. The van der Waals surface area contributed by atoms with Gasteiger partial charge in [-0.2, -0.15) is 0 Å². The number of ketones is 1. The van der Waals surface area contributed by atoms with Gasteiger partial charge in [-0.1, -0.05) is 27.4 Å². The van der Waals surface area contributed by atoms with Gasteiger partial charge in [-0.05, 0) is 17.4 Å². The number of hydrogen-bond acceptors (Lipinski definition) is 2. The highest BCUT2D eigenvalue weighted by Crippen LogP contribution is 2.25. The Labute approximate surface area is 79.8 Å². The molecule has 1 unspecified atom stereocenters. The summed E-state index contributed by atoms with van der Waals surface area (Å²) >= 11 is 0. The fourth-order valence-electron chi connectivity index (χ4n) is 1.41. The van der Waals surface area contributed by atoms with Crippen LogP contribution >= 0.6 is 0 Å². The summed E-state index contributed by atoms with van der Waals surface area (Å²) < 4.78 is 0. The zero-order valence-electron chi connectivity index (χ0n) is 8.63. The van der Waals surface area contributed by atoms with Crippen LogP contribution in [0.2, 0.25) is 0 Å². The van der Waals surface area contributed by atoms with E-state index < -0.39 is 0 Å². The number of allylic oxidation sites excluding steroid dienone is 1. The van der Waals surface area contributed by atoms with Crippen LogP contribution in [0.1, 0.15) is 33.6 Å². The third-order valence-electron chi connectivity index (χ3n) is 2.02. The lowest BCUT2D eigenvalue weighted by Crippen LogP contribution is -2.28. The molecule has 72 valence electrons. The van der Waals surface area contributed by atoms with Gasteiger partial charge in [-0.3, -0.25) is 9.79 Å². The SMILES string of the molecule is C=C1C=NC(CC(C)(C)C)C(=O)C1. The minimum atomic E-state index is -0.134. The Morgan fingerprint density at radius 1 is 1.62 bits per heavy atom. The summed E-state index contributed by atoms with van der Waals surface area (Å²) in [5, 5.41) is 0. The number of nitrogens with zero attached hydrogens (tertiary/aromatic N) is 1. The molecular formula is C11H17NO. The van der Waals surface area contributed by atoms with E-state index in [-0.39, 0.29) is 17.2 Å². The Morgan fingerprint density at radius 2 is 2.23 bits per heavy atom. The second-order valence-electron chi connectivity index (χ2n) is 4.86. The van der Waals surface area contributed by atoms with Gasteiger partial charge >= 0.3 is 0 Å². The van der Waals surface area contributed by atoms with E-state index in [0.29, 0.717) is 6.42 Å². The van der Waals surface area contributed by atoms with Gasteiger partial charge in [0, 0.05) is 12.6 Å². The molecule has 0 fully saturated rings. The van der Waals surface area contributed by atoms with Crippen molar-refractivity contribution in [2.24, 2.45) is 10.4 Å². The molecule has 0 N–H and O–H groups in total. The Kier molecular flexibility index (Phi) is 2.69. The molecule has 1 aliphatic rings. The highest BCUT2D eigenvalue weighted by Gasteiger charge is 2.26. The summed E-state index contributed by atoms with van der Waals surface area (Å²) in [5.74, 6) is 0.211. The second kappa shape index (κ2) is 3.44. The first kappa shape index (κ1) is 10.2. The van der Waals surface area contributed by atoms with Crippen molar-refractivity contribution in [3.05, 3.63) is 12.2 Å². The molecule has 2 nitrogen and oxygen atoms in total. The maximum Gasteiger partial charge on any atom is 0.161 e. The average Bonchev–Trinajstić information content (AvgIpc) is 1.93. The molecule has 0 aromatic carbocycles. The van der Waals surface area contributed by atoms with Crippen LogP contribution in [0, 0.1) is 5.41 Å². The van der Waals surface area contributed by atoms with Gasteiger partial charge in [0.05, 0.1) is 0 Å². The van der Waals surface area contributed by atoms with Crippen molar-refractivity contribution < 1.29 is 4.79 Å². The first-order valence-corrected chi connectivity index (χ1v) is 4.62. The van der Waals surface area contributed by atoms with Gasteiger partial charge in [0.1, 0.15) is 6.04 Å². The van der Waals surface area contributed by atoms with Gasteiger partial charge in [0.15, 0.2) is 5.78 Å². The summed E-state index contributed by atoms with van der Waals surface area (Å²) in [4.78, 5) is 15.7. The van der Waals surface area contributed by atoms with Crippen LogP contribution in [-0.4, -0.2) is 18.0 Å². The molecule has 0 saturated carbocycles. The molecule has 0 aromatic heterocycles. The number of carbonyl (C=O) groups excluding carboxylic acids is 1. The molecule has 0 amide bonds. The third-order valence-corrected chi connectivity index (χ3v) is 2.02. The van der Waals surface area contributed by atoms with Crippen LogP contribution in [0.15, 0.2) is 17.1 Å². The minimum absolute atomic E-state index is 0.134. The average molecular weight is 179 g/mol. The van der Waals surface area contributed by atoms with E-state index in [4.69, 9.17) is 0 Å². The van der Waals surface area contributed by atoms with Crippen LogP contribution in [0.5, 0.6) is 0 Å². The molecule has 1 rings (SSSR count). The lowest BCUT2D eigenvalue weighted by atomic mass is 9.85. The van der Waals surface area contributed by atoms with Crippen molar-refractivity contribution in [3.63, 3.8) is 0 Å². The zero-order chi connectivity index (χ0) is 10.1. The van der Waals surface area contributed by atoms with Gasteiger partial charge in [-0.15, -0.1) is 0 Å². The Morgan fingerprint density at radius 3 is 2.69 bits per heavy atom. The Balaban J connectivity index is 2.66. The maximum atomic E-state index is 11.5. The maximum absolute atomic E-state index is 11.5. The van der Waals surface area contributed by atoms with Crippen LogP contribution in [0.4, 0.5) is 0 Å². The summed E-state index contributed by atoms with van der Waals surface area (Å²) in [6.07, 6.45) is 3.04. The van der Waals surface area contributed by atoms with Gasteiger partial charge in [0.2, 0.25) is 0 Å². The highest BCUT2D eigenvalue weighted by molar-refractivity contribution is 5.97. The van der Waals surface area contributed by atoms with Gasteiger partial charge < -0.3 is 0 Å². The molecular weight excluding hydrogens is 162 g/mol. The summed E-state index contributed by atoms with van der Waals surface area (Å²) in [5.41, 5.74) is 0.992. The summed E-state index contributed by atoms with van der Waals surface area (Å²) in [6.45, 7) is 10.1. The van der Waals surface area contributed by atoms with E-state index in [1.54, 1.807) is 6.21 Å². The molecule has 0 bridgehead atoms. The van der Waals surface area contributed by atoms with Crippen molar-refractivity contribution >= 4 is 12.0 Å². The monoisotopic (exact) mass is 179 g/mol. The van der Waals surface area contributed by atoms with Crippen LogP contribution in [-0.2, 0) is 4.79 Å². The van der Waals surface area contributed by atoms with E-state index in [1.165, 1.54) is 0 Å². The van der Waals surface area contributed by atoms with E-state index in [2.05, 4.69) is 32.3 Å². The molecule has 0 saturated heterocycles. The van der Waals surface area contributed by atoms with Crippen LogP contribution in [0.25, 0.3) is 0 Å². The van der Waals surface area contributed by atoms with Crippen molar-refractivity contribution in [3.8, 4) is 0 Å². The molecule has 0 radical (unpaired) electrons. The first-order chi connectivity index (χ1) is 5.88. The quantitative estimate of drug-likeness (QED) is 0.607. The molecule has 1 heterocycles. The normalized spacial score (nSPS) is 23.8. The van der Waals surface area contributed by atoms with Crippen molar-refractivity contribution in [1.29, 1.82) is 0 Å². The third kappa shape index (κ3) is 3.13. The van der Waals surface area contributed by atoms with E-state index in [0.717, 1.165) is 12.0 Å². The molecule has 0 aromatic rings. The number of Topliss-reactive ketones (excluding diaryl/α,β-unsaturated/α-hetero) is 1. The molecule has 0 aliphatic carbocycles. The largest absolute Gasteiger partial charge is 0.297 e. The number of aliphatic imine (C=N–C) groups is 1. The fourth-order valence-corrected chi connectivity index (χ4v) is 1.41. The minimum Gasteiger partial charge on any atom is -0.297 e. The topological polar surface area (TPSA) is 29.4 Å². The van der Waals surface area contributed by atoms with E-state index >= 15 is 0 Å². The number of rotatable bonds is 1. The molecule has 1 aliphatic heterocycles. The fraction of sp³-hybridized carbons (Fsp3) is 0.636. The van der Waals surface area contributed by atoms with Crippen LogP contribution < -0.4 is 0 Å². The number of carbonyl (C=O) groups is 1. The lowest BCUT2D eigenvalue weighted by Gasteiger charge is -2.24. The Bertz CT molecular complexity index is 258. The number of hydrogen-bond donors (Lipinski definition) is 0. The molecule has 0 spiro atoms. The van der Waals surface area contributed by atoms with Gasteiger partial charge in [-0.25, -0.2) is 0 Å². The molecule has 13 heavy (non-hydrogen) atoms. The van der Waals surface area contributed by atoms with Gasteiger partial charge in [0.25, 0.3) is 0 Å². The van der Waals surface area contributed by atoms with Crippen molar-refractivity contribution in [1.82, 2.24) is 0 Å². The van der Waals surface area contributed by atoms with E-state index in [1.807, 2.05) is 0 Å². The smallest absolute Gasteiger partial charge is 0.161 e. The summed E-state index contributed by atoms with van der Waals surface area (Å²) in [7, 11) is 0.